The van der Waals surface area contributed by atoms with Crippen molar-refractivity contribution in [1.29, 1.82) is 0 Å². The molecule has 0 aliphatic heterocycles. The van der Waals surface area contributed by atoms with Gasteiger partial charge in [-0.2, -0.15) is 0 Å². The lowest BCUT2D eigenvalue weighted by Crippen LogP contribution is -2.26. The molecule has 158 valence electrons. The van der Waals surface area contributed by atoms with E-state index in [4.69, 9.17) is 0 Å². The molecule has 31 heavy (non-hydrogen) atoms. The number of sulfonamides is 1. The lowest BCUT2D eigenvalue weighted by molar-refractivity contribution is 0.102. The predicted octanol–water partition coefficient (Wildman–Crippen LogP) is 4.64. The molecule has 4 rings (SSSR count). The first-order chi connectivity index (χ1) is 15.0. The maximum Gasteiger partial charge on any atom is 0.255 e. The predicted molar refractivity (Wildman–Crippen MR) is 125 cm³/mol. The van der Waals surface area contributed by atoms with E-state index in [1.165, 1.54) is 35.6 Å². The smallest absolute Gasteiger partial charge is 0.255 e. The molecule has 0 aliphatic rings. The monoisotopic (exact) mass is 469 g/mol. The van der Waals surface area contributed by atoms with Gasteiger partial charge in [0, 0.05) is 39.8 Å². The minimum atomic E-state index is -3.63. The average Bonchev–Trinajstić information content (AvgIpc) is 3.48. The Bertz CT molecular complexity index is 1250. The van der Waals surface area contributed by atoms with Crippen LogP contribution in [0.5, 0.6) is 0 Å². The summed E-state index contributed by atoms with van der Waals surface area (Å²) in [5, 5.41) is 7.57. The highest BCUT2D eigenvalue weighted by atomic mass is 32.2. The van der Waals surface area contributed by atoms with Crippen LogP contribution in [0.3, 0.4) is 0 Å². The summed E-state index contributed by atoms with van der Waals surface area (Å²) in [6, 6.07) is 17.2. The number of hydrogen-bond donors (Lipinski definition) is 2. The second-order valence-corrected chi connectivity index (χ2v) is 10.3. The fourth-order valence-electron chi connectivity index (χ4n) is 2.93. The Hall–Kier alpha value is -2.85. The van der Waals surface area contributed by atoms with Gasteiger partial charge in [0.1, 0.15) is 5.01 Å². The van der Waals surface area contributed by atoms with Gasteiger partial charge in [-0.25, -0.2) is 18.1 Å². The first kappa shape index (κ1) is 21.4. The van der Waals surface area contributed by atoms with Crippen molar-refractivity contribution in [2.24, 2.45) is 0 Å². The van der Waals surface area contributed by atoms with E-state index in [0.29, 0.717) is 24.2 Å². The Labute approximate surface area is 188 Å². The third kappa shape index (κ3) is 5.45. The summed E-state index contributed by atoms with van der Waals surface area (Å²) < 4.78 is 27.5. The molecule has 6 nitrogen and oxygen atoms in total. The van der Waals surface area contributed by atoms with Crippen LogP contribution in [-0.4, -0.2) is 25.9 Å². The molecule has 0 bridgehead atoms. The normalized spacial score (nSPS) is 11.4. The largest absolute Gasteiger partial charge is 0.322 e. The van der Waals surface area contributed by atoms with Gasteiger partial charge in [0.05, 0.1) is 4.90 Å². The van der Waals surface area contributed by atoms with Gasteiger partial charge in [0.25, 0.3) is 5.91 Å². The zero-order chi connectivity index (χ0) is 21.7. The summed E-state index contributed by atoms with van der Waals surface area (Å²) in [6.45, 7) is 0.320. The fourth-order valence-corrected chi connectivity index (χ4v) is 5.31. The summed E-state index contributed by atoms with van der Waals surface area (Å²) in [5.41, 5.74) is 1.93. The second-order valence-electron chi connectivity index (χ2n) is 6.62. The van der Waals surface area contributed by atoms with Crippen LogP contribution in [0.25, 0.3) is 10.6 Å². The van der Waals surface area contributed by atoms with Crippen molar-refractivity contribution < 1.29 is 13.2 Å². The SMILES string of the molecule is O=C(Nc1cccc(-c2nccs2)c1)c1ccc(S(=O)(=O)NCCc2cccs2)cc1. The molecule has 0 unspecified atom stereocenters. The number of anilines is 1. The molecule has 2 aromatic carbocycles. The number of rotatable bonds is 8. The number of nitrogens with zero attached hydrogens (tertiary/aromatic N) is 1. The van der Waals surface area contributed by atoms with Gasteiger partial charge >= 0.3 is 0 Å². The Balaban J connectivity index is 1.39. The van der Waals surface area contributed by atoms with Crippen molar-refractivity contribution in [2.45, 2.75) is 11.3 Å². The van der Waals surface area contributed by atoms with Gasteiger partial charge in [0.15, 0.2) is 0 Å². The molecule has 0 fully saturated rings. The molecule has 0 aliphatic carbocycles. The van der Waals surface area contributed by atoms with Crippen LogP contribution in [-0.2, 0) is 16.4 Å². The summed E-state index contributed by atoms with van der Waals surface area (Å²) in [6.07, 6.45) is 2.37. The first-order valence-corrected chi connectivity index (χ1v) is 12.7. The topological polar surface area (TPSA) is 88.2 Å². The number of benzene rings is 2. The third-order valence-electron chi connectivity index (χ3n) is 4.47. The Morgan fingerprint density at radius 3 is 2.52 bits per heavy atom. The van der Waals surface area contributed by atoms with Crippen LogP contribution in [0, 0.1) is 0 Å². The van der Waals surface area contributed by atoms with E-state index in [9.17, 15) is 13.2 Å². The lowest BCUT2D eigenvalue weighted by atomic mass is 10.2. The van der Waals surface area contributed by atoms with E-state index < -0.39 is 10.0 Å². The molecular formula is C22H19N3O3S3. The van der Waals surface area contributed by atoms with Crippen molar-refractivity contribution in [3.05, 3.63) is 88.1 Å². The molecule has 9 heteroatoms. The number of carbonyl (C=O) groups excluding carboxylic acids is 1. The van der Waals surface area contributed by atoms with Crippen LogP contribution >= 0.6 is 22.7 Å². The molecule has 2 N–H and O–H groups in total. The van der Waals surface area contributed by atoms with Crippen LogP contribution < -0.4 is 10.0 Å². The van der Waals surface area contributed by atoms with Crippen molar-refractivity contribution in [3.63, 3.8) is 0 Å². The van der Waals surface area contributed by atoms with Gasteiger partial charge in [-0.15, -0.1) is 22.7 Å². The van der Waals surface area contributed by atoms with Crippen LogP contribution in [0.4, 0.5) is 5.69 Å². The lowest BCUT2D eigenvalue weighted by Gasteiger charge is -2.09. The average molecular weight is 470 g/mol. The molecule has 0 spiro atoms. The Morgan fingerprint density at radius 1 is 0.968 bits per heavy atom. The standard InChI is InChI=1S/C22H19N3O3S3/c26-21(25-18-4-1-3-17(15-18)22-23-12-14-30-22)16-6-8-20(9-7-16)31(27,28)24-11-10-19-5-2-13-29-19/h1-9,12-15,24H,10-11H2,(H,25,26). The van der Waals surface area contributed by atoms with Gasteiger partial charge in [0.2, 0.25) is 10.0 Å². The number of thiazole rings is 1. The summed E-state index contributed by atoms with van der Waals surface area (Å²) in [5.74, 6) is -0.314. The zero-order valence-electron chi connectivity index (χ0n) is 16.3. The summed E-state index contributed by atoms with van der Waals surface area (Å²) in [4.78, 5) is 18.1. The highest BCUT2D eigenvalue weighted by Crippen LogP contribution is 2.24. The number of hydrogen-bond acceptors (Lipinski definition) is 6. The zero-order valence-corrected chi connectivity index (χ0v) is 18.8. The molecule has 2 heterocycles. The van der Waals surface area contributed by atoms with Gasteiger partial charge in [-0.05, 0) is 54.3 Å². The van der Waals surface area contributed by atoms with Gasteiger partial charge in [-0.3, -0.25) is 4.79 Å². The quantitative estimate of drug-likeness (QED) is 0.393. The molecular weight excluding hydrogens is 450 g/mol. The molecule has 0 radical (unpaired) electrons. The highest BCUT2D eigenvalue weighted by molar-refractivity contribution is 7.89. The van der Waals surface area contributed by atoms with Gasteiger partial charge < -0.3 is 5.32 Å². The highest BCUT2D eigenvalue weighted by Gasteiger charge is 2.15. The molecule has 1 amide bonds. The number of thiophene rings is 1. The molecule has 0 saturated heterocycles. The third-order valence-corrected chi connectivity index (χ3v) is 7.71. The number of amides is 1. The maximum absolute atomic E-state index is 12.6. The number of aromatic nitrogens is 1. The van der Waals surface area contributed by atoms with Gasteiger partial charge in [-0.1, -0.05) is 18.2 Å². The van der Waals surface area contributed by atoms with E-state index >= 15 is 0 Å². The van der Waals surface area contributed by atoms with Crippen molar-refractivity contribution in [3.8, 4) is 10.6 Å². The molecule has 4 aromatic rings. The van der Waals surface area contributed by atoms with Crippen LogP contribution in [0.15, 0.2) is 82.5 Å². The van der Waals surface area contributed by atoms with E-state index in [2.05, 4.69) is 15.0 Å². The van der Waals surface area contributed by atoms with Crippen LogP contribution in [0.1, 0.15) is 15.2 Å². The Kier molecular flexibility index (Phi) is 6.57. The first-order valence-electron chi connectivity index (χ1n) is 9.45. The number of carbonyl (C=O) groups is 1. The summed E-state index contributed by atoms with van der Waals surface area (Å²) >= 11 is 3.12. The second kappa shape index (κ2) is 9.52. The van der Waals surface area contributed by atoms with E-state index in [0.717, 1.165) is 15.4 Å². The maximum atomic E-state index is 12.6. The van der Waals surface area contributed by atoms with E-state index in [1.807, 2.05) is 41.1 Å². The van der Waals surface area contributed by atoms with E-state index in [-0.39, 0.29) is 10.8 Å². The minimum Gasteiger partial charge on any atom is -0.322 e. The van der Waals surface area contributed by atoms with Crippen molar-refractivity contribution in [2.75, 3.05) is 11.9 Å². The molecule has 0 saturated carbocycles. The van der Waals surface area contributed by atoms with Crippen LogP contribution in [0.2, 0.25) is 0 Å². The molecule has 2 aromatic heterocycles. The fraction of sp³-hybridized carbons (Fsp3) is 0.0909. The van der Waals surface area contributed by atoms with E-state index in [1.54, 1.807) is 23.6 Å². The minimum absolute atomic E-state index is 0.126. The van der Waals surface area contributed by atoms with Crippen molar-refractivity contribution in [1.82, 2.24) is 9.71 Å². The van der Waals surface area contributed by atoms with Crippen molar-refractivity contribution >= 4 is 44.3 Å². The molecule has 0 atom stereocenters. The summed E-state index contributed by atoms with van der Waals surface area (Å²) in [7, 11) is -3.63. The number of nitrogens with one attached hydrogen (secondary N) is 2. The Morgan fingerprint density at radius 2 is 1.81 bits per heavy atom.